The van der Waals surface area contributed by atoms with Crippen LogP contribution >= 0.6 is 34.9 Å². The minimum absolute atomic E-state index is 0.198. The quantitative estimate of drug-likeness (QED) is 0.624. The number of carbonyl (C=O) groups is 1. The van der Waals surface area contributed by atoms with E-state index in [-0.39, 0.29) is 11.7 Å². The number of nitrogens with two attached hydrogens (primary N) is 1. The number of thioether (sulfide) groups is 2. The van der Waals surface area contributed by atoms with Crippen molar-refractivity contribution in [3.63, 3.8) is 0 Å². The van der Waals surface area contributed by atoms with Gasteiger partial charge in [-0.2, -0.15) is 4.98 Å². The van der Waals surface area contributed by atoms with E-state index < -0.39 is 0 Å². The Bertz CT molecular complexity index is 848. The van der Waals surface area contributed by atoms with Gasteiger partial charge in [-0.3, -0.25) is 4.79 Å². The molecule has 10 heteroatoms. The average Bonchev–Trinajstić information content (AvgIpc) is 3.20. The summed E-state index contributed by atoms with van der Waals surface area (Å²) in [7, 11) is 0. The van der Waals surface area contributed by atoms with E-state index >= 15 is 0 Å². The summed E-state index contributed by atoms with van der Waals surface area (Å²) in [6.07, 6.45) is 0. The highest BCUT2D eigenvalue weighted by Crippen LogP contribution is 2.30. The predicted octanol–water partition coefficient (Wildman–Crippen LogP) is 2.77. The third kappa shape index (κ3) is 4.56. The maximum Gasteiger partial charge on any atom is 0.257 e. The molecule has 0 atom stereocenters. The van der Waals surface area contributed by atoms with Crippen molar-refractivity contribution >= 4 is 40.8 Å². The van der Waals surface area contributed by atoms with E-state index in [1.54, 1.807) is 0 Å². The molecule has 2 aromatic heterocycles. The van der Waals surface area contributed by atoms with E-state index in [1.165, 1.54) is 34.9 Å². The molecule has 0 aliphatic carbocycles. The van der Waals surface area contributed by atoms with Crippen LogP contribution in [0.5, 0.6) is 0 Å². The summed E-state index contributed by atoms with van der Waals surface area (Å²) in [6.45, 7) is 2.01. The average molecular weight is 379 g/mol. The number of aromatic nitrogens is 4. The summed E-state index contributed by atoms with van der Waals surface area (Å²) in [5.41, 5.74) is 7.14. The van der Waals surface area contributed by atoms with Crippen molar-refractivity contribution < 1.29 is 9.32 Å². The first-order valence-electron chi connectivity index (χ1n) is 6.87. The van der Waals surface area contributed by atoms with Crippen LogP contribution in [-0.2, 0) is 10.5 Å². The Kier molecular flexibility index (Phi) is 5.48. The highest BCUT2D eigenvalue weighted by atomic mass is 32.2. The van der Waals surface area contributed by atoms with Crippen molar-refractivity contribution in [3.8, 4) is 11.5 Å². The molecular formula is C14H13N5O2S3. The summed E-state index contributed by atoms with van der Waals surface area (Å²) >= 11 is 4.16. The summed E-state index contributed by atoms with van der Waals surface area (Å²) in [6, 6.07) is 7.90. The van der Waals surface area contributed by atoms with Crippen molar-refractivity contribution in [2.24, 2.45) is 5.73 Å². The van der Waals surface area contributed by atoms with Crippen LogP contribution < -0.4 is 5.73 Å². The molecule has 1 aromatic carbocycles. The first-order chi connectivity index (χ1) is 11.6. The van der Waals surface area contributed by atoms with E-state index in [0.29, 0.717) is 21.8 Å². The first kappa shape index (κ1) is 16.9. The molecule has 24 heavy (non-hydrogen) atoms. The molecule has 0 radical (unpaired) electrons. The standard InChI is InChI=1S/C14H13N5O2S3/c1-8-3-2-4-9(5-8)12-16-11(19-21-12)7-23-14-18-17-13(24-14)22-6-10(15)20/h2-5H,6-7H2,1H3,(H2,15,20). The number of amides is 1. The lowest BCUT2D eigenvalue weighted by Crippen LogP contribution is -2.12. The van der Waals surface area contributed by atoms with Gasteiger partial charge in [0.05, 0.1) is 11.5 Å². The zero-order valence-corrected chi connectivity index (χ0v) is 15.1. The first-order valence-corrected chi connectivity index (χ1v) is 9.66. The van der Waals surface area contributed by atoms with Crippen LogP contribution in [0, 0.1) is 6.92 Å². The van der Waals surface area contributed by atoms with Crippen molar-refractivity contribution in [2.75, 3.05) is 5.75 Å². The summed E-state index contributed by atoms with van der Waals surface area (Å²) in [5.74, 6) is 1.45. The molecule has 7 nitrogen and oxygen atoms in total. The van der Waals surface area contributed by atoms with Gasteiger partial charge in [0, 0.05) is 5.56 Å². The van der Waals surface area contributed by atoms with E-state index in [9.17, 15) is 4.79 Å². The van der Waals surface area contributed by atoms with Crippen molar-refractivity contribution in [1.82, 2.24) is 20.3 Å². The topological polar surface area (TPSA) is 108 Å². The van der Waals surface area contributed by atoms with E-state index in [2.05, 4.69) is 20.3 Å². The van der Waals surface area contributed by atoms with Gasteiger partial charge in [0.15, 0.2) is 14.5 Å². The molecule has 0 spiro atoms. The second kappa shape index (κ2) is 7.77. The zero-order chi connectivity index (χ0) is 16.9. The molecule has 3 rings (SSSR count). The number of nitrogens with zero attached hydrogens (tertiary/aromatic N) is 4. The third-order valence-corrected chi connectivity index (χ3v) is 5.99. The highest BCUT2D eigenvalue weighted by Gasteiger charge is 2.12. The summed E-state index contributed by atoms with van der Waals surface area (Å²) < 4.78 is 6.80. The maximum absolute atomic E-state index is 10.8. The lowest BCUT2D eigenvalue weighted by atomic mass is 10.1. The third-order valence-electron chi connectivity index (χ3n) is 2.78. The lowest BCUT2D eigenvalue weighted by molar-refractivity contribution is -0.115. The predicted molar refractivity (Wildman–Crippen MR) is 93.9 cm³/mol. The molecule has 0 aliphatic rings. The smallest absolute Gasteiger partial charge is 0.257 e. The maximum atomic E-state index is 10.8. The van der Waals surface area contributed by atoms with Crippen LogP contribution in [0.3, 0.4) is 0 Å². The monoisotopic (exact) mass is 379 g/mol. The van der Waals surface area contributed by atoms with E-state index in [1.807, 2.05) is 31.2 Å². The van der Waals surface area contributed by atoms with Gasteiger partial charge in [-0.25, -0.2) is 0 Å². The normalized spacial score (nSPS) is 10.9. The number of rotatable bonds is 7. The fraction of sp³-hybridized carbons (Fsp3) is 0.214. The molecule has 0 saturated carbocycles. The van der Waals surface area contributed by atoms with Gasteiger partial charge in [0.1, 0.15) is 0 Å². The Balaban J connectivity index is 1.58. The molecule has 2 N–H and O–H groups in total. The van der Waals surface area contributed by atoms with Crippen molar-refractivity contribution in [1.29, 1.82) is 0 Å². The largest absolute Gasteiger partial charge is 0.369 e. The van der Waals surface area contributed by atoms with E-state index in [4.69, 9.17) is 10.3 Å². The van der Waals surface area contributed by atoms with Crippen LogP contribution in [0.4, 0.5) is 0 Å². The van der Waals surface area contributed by atoms with Crippen LogP contribution in [0.2, 0.25) is 0 Å². The Morgan fingerprint density at radius 1 is 1.29 bits per heavy atom. The molecule has 0 aliphatic heterocycles. The molecule has 1 amide bonds. The SMILES string of the molecule is Cc1cccc(-c2nc(CSc3nnc(SCC(N)=O)s3)no2)c1. The zero-order valence-electron chi connectivity index (χ0n) is 12.6. The van der Waals surface area contributed by atoms with Gasteiger partial charge in [0.25, 0.3) is 5.89 Å². The molecule has 3 aromatic rings. The summed E-state index contributed by atoms with van der Waals surface area (Å²) in [5, 5.41) is 12.0. The minimum Gasteiger partial charge on any atom is -0.369 e. The molecular weight excluding hydrogens is 366 g/mol. The molecule has 2 heterocycles. The van der Waals surface area contributed by atoms with E-state index in [0.717, 1.165) is 15.5 Å². The van der Waals surface area contributed by atoms with Gasteiger partial charge in [-0.15, -0.1) is 10.2 Å². The number of aryl methyl sites for hydroxylation is 1. The van der Waals surface area contributed by atoms with Crippen LogP contribution in [-0.4, -0.2) is 32.0 Å². The number of hydrogen-bond donors (Lipinski definition) is 1. The van der Waals surface area contributed by atoms with Crippen molar-refractivity contribution in [3.05, 3.63) is 35.7 Å². The lowest BCUT2D eigenvalue weighted by Gasteiger charge is -1.95. The van der Waals surface area contributed by atoms with Gasteiger partial charge in [0.2, 0.25) is 5.91 Å². The Labute approximate surface area is 150 Å². The molecule has 0 fully saturated rings. The number of primary amides is 1. The van der Waals surface area contributed by atoms with Crippen LogP contribution in [0.25, 0.3) is 11.5 Å². The Morgan fingerprint density at radius 3 is 2.83 bits per heavy atom. The molecule has 124 valence electrons. The minimum atomic E-state index is -0.375. The van der Waals surface area contributed by atoms with Crippen molar-refractivity contribution in [2.45, 2.75) is 21.4 Å². The van der Waals surface area contributed by atoms with Gasteiger partial charge < -0.3 is 10.3 Å². The summed E-state index contributed by atoms with van der Waals surface area (Å²) in [4.78, 5) is 15.2. The molecule has 0 saturated heterocycles. The number of benzene rings is 1. The fourth-order valence-electron chi connectivity index (χ4n) is 1.78. The molecule has 0 bridgehead atoms. The van der Waals surface area contributed by atoms with Crippen LogP contribution in [0.1, 0.15) is 11.4 Å². The van der Waals surface area contributed by atoms with Crippen LogP contribution in [0.15, 0.2) is 37.5 Å². The highest BCUT2D eigenvalue weighted by molar-refractivity contribution is 8.03. The van der Waals surface area contributed by atoms with Gasteiger partial charge in [-0.1, -0.05) is 57.7 Å². The number of hydrogen-bond acceptors (Lipinski definition) is 9. The molecule has 0 unspecified atom stereocenters. The number of carbonyl (C=O) groups excluding carboxylic acids is 1. The fourth-order valence-corrected chi connectivity index (χ4v) is 4.38. The second-order valence-electron chi connectivity index (χ2n) is 4.76. The Morgan fingerprint density at radius 2 is 2.08 bits per heavy atom. The van der Waals surface area contributed by atoms with Gasteiger partial charge in [-0.05, 0) is 19.1 Å². The van der Waals surface area contributed by atoms with Gasteiger partial charge >= 0.3 is 0 Å². The Hall–Kier alpha value is -1.91. The second-order valence-corrected chi connectivity index (χ2v) is 8.19.